The van der Waals surface area contributed by atoms with E-state index in [9.17, 15) is 0 Å². The first-order valence-electron chi connectivity index (χ1n) is 7.03. The van der Waals surface area contributed by atoms with E-state index >= 15 is 0 Å². The molecule has 116 valence electrons. The minimum absolute atomic E-state index is 0.0371. The fourth-order valence-corrected chi connectivity index (χ4v) is 2.62. The molecule has 1 aliphatic heterocycles. The molecule has 1 unspecified atom stereocenters. The number of thiophene rings is 1. The lowest BCUT2D eigenvalue weighted by Gasteiger charge is -2.25. The highest BCUT2D eigenvalue weighted by atomic mass is 32.1. The number of aliphatic hydroxyl groups is 1. The molecule has 0 bridgehead atoms. The number of fused-ring (bicyclic) bond motifs is 1. The Hall–Kier alpha value is -0.780. The van der Waals surface area contributed by atoms with Crippen LogP contribution in [0.15, 0.2) is 0 Å². The van der Waals surface area contributed by atoms with Gasteiger partial charge < -0.3 is 19.3 Å². The van der Waals surface area contributed by atoms with Gasteiger partial charge in [-0.1, -0.05) is 20.8 Å². The Morgan fingerprint density at radius 3 is 2.45 bits per heavy atom. The number of hydrogen-bond acceptors (Lipinski definition) is 5. The highest BCUT2D eigenvalue weighted by molar-refractivity contribution is 7.12. The maximum absolute atomic E-state index is 8.61. The first-order valence-corrected chi connectivity index (χ1v) is 7.85. The topological polar surface area (TPSA) is 47.9 Å². The number of aryl methyl sites for hydroxylation is 2. The van der Waals surface area contributed by atoms with Crippen molar-refractivity contribution in [1.29, 1.82) is 0 Å². The van der Waals surface area contributed by atoms with Gasteiger partial charge in [-0.3, -0.25) is 0 Å². The van der Waals surface area contributed by atoms with Crippen molar-refractivity contribution in [3.05, 3.63) is 9.75 Å². The first kappa shape index (κ1) is 17.3. The summed E-state index contributed by atoms with van der Waals surface area (Å²) in [7, 11) is 0. The summed E-state index contributed by atoms with van der Waals surface area (Å²) in [4.78, 5) is 2.29. The van der Waals surface area contributed by atoms with Crippen LogP contribution in [-0.4, -0.2) is 37.6 Å². The van der Waals surface area contributed by atoms with Crippen LogP contribution in [0.3, 0.4) is 0 Å². The summed E-state index contributed by atoms with van der Waals surface area (Å²) < 4.78 is 16.7. The molecule has 0 saturated carbocycles. The van der Waals surface area contributed by atoms with E-state index < -0.39 is 0 Å². The van der Waals surface area contributed by atoms with E-state index in [-0.39, 0.29) is 12.7 Å². The zero-order valence-corrected chi connectivity index (χ0v) is 13.9. The Morgan fingerprint density at radius 1 is 1.25 bits per heavy atom. The van der Waals surface area contributed by atoms with Gasteiger partial charge in [-0.05, 0) is 19.8 Å². The molecule has 1 aliphatic rings. The number of hydrogen-bond donors (Lipinski definition) is 1. The zero-order valence-electron chi connectivity index (χ0n) is 13.1. The van der Waals surface area contributed by atoms with Gasteiger partial charge in [0.1, 0.15) is 6.61 Å². The summed E-state index contributed by atoms with van der Waals surface area (Å²) in [5.74, 6) is 2.56. The Balaban J connectivity index is 0.000000444. The van der Waals surface area contributed by atoms with Gasteiger partial charge in [0.25, 0.3) is 0 Å². The number of rotatable bonds is 4. The molecule has 0 amide bonds. The van der Waals surface area contributed by atoms with Crippen molar-refractivity contribution in [3.8, 4) is 11.5 Å². The monoisotopic (exact) mass is 302 g/mol. The van der Waals surface area contributed by atoms with Crippen molar-refractivity contribution in [2.45, 2.75) is 40.7 Å². The molecular formula is C15H26O4S. The van der Waals surface area contributed by atoms with Gasteiger partial charge in [0.05, 0.1) is 19.8 Å². The van der Waals surface area contributed by atoms with E-state index in [1.807, 2.05) is 13.8 Å². The summed E-state index contributed by atoms with van der Waals surface area (Å²) in [5, 5.41) is 8.61. The standard InChI is InChI=1S/C11H16O4S.C4H10/c1-7-10-11(8(2)16-7)15-9(6-14-10)5-13-4-3-12;1-4(2)3/h9,12H,3-6H2,1-2H3;4H,1-3H3. The molecule has 1 aromatic heterocycles. The third kappa shape index (κ3) is 5.31. The predicted octanol–water partition coefficient (Wildman–Crippen LogP) is 3.18. The molecule has 1 atom stereocenters. The molecule has 0 spiro atoms. The highest BCUT2D eigenvalue weighted by Crippen LogP contribution is 2.43. The minimum Gasteiger partial charge on any atom is -0.485 e. The van der Waals surface area contributed by atoms with Gasteiger partial charge in [0.15, 0.2) is 17.6 Å². The fraction of sp³-hybridized carbons (Fsp3) is 0.733. The van der Waals surface area contributed by atoms with Gasteiger partial charge in [0, 0.05) is 9.75 Å². The SMILES string of the molecule is CC(C)C.Cc1sc(C)c2c1OCC(COCCO)O2. The van der Waals surface area contributed by atoms with Crippen LogP contribution in [0.2, 0.25) is 0 Å². The Bertz CT molecular complexity index is 398. The van der Waals surface area contributed by atoms with Gasteiger partial charge in [-0.25, -0.2) is 0 Å². The van der Waals surface area contributed by atoms with E-state index in [4.69, 9.17) is 19.3 Å². The first-order chi connectivity index (χ1) is 9.45. The van der Waals surface area contributed by atoms with Gasteiger partial charge in [-0.15, -0.1) is 11.3 Å². The summed E-state index contributed by atoms with van der Waals surface area (Å²) in [6.45, 7) is 11.9. The number of ether oxygens (including phenoxy) is 3. The molecule has 20 heavy (non-hydrogen) atoms. The molecule has 0 aromatic carbocycles. The molecule has 0 fully saturated rings. The van der Waals surface area contributed by atoms with Crippen LogP contribution >= 0.6 is 11.3 Å². The fourth-order valence-electron chi connectivity index (χ4n) is 1.68. The second-order valence-electron chi connectivity index (χ2n) is 5.45. The molecule has 0 aliphatic carbocycles. The molecule has 1 aromatic rings. The summed E-state index contributed by atoms with van der Waals surface area (Å²) in [5.41, 5.74) is 0. The lowest BCUT2D eigenvalue weighted by molar-refractivity contribution is -0.000964. The molecule has 4 nitrogen and oxygen atoms in total. The Morgan fingerprint density at radius 2 is 1.85 bits per heavy atom. The Kier molecular flexibility index (Phi) is 7.34. The lowest BCUT2D eigenvalue weighted by atomic mass is 10.3. The maximum atomic E-state index is 8.61. The van der Waals surface area contributed by atoms with E-state index in [0.717, 1.165) is 27.2 Å². The lowest BCUT2D eigenvalue weighted by Crippen LogP contribution is -2.33. The van der Waals surface area contributed by atoms with Crippen molar-refractivity contribution in [3.63, 3.8) is 0 Å². The summed E-state index contributed by atoms with van der Waals surface area (Å²) >= 11 is 1.68. The third-order valence-corrected chi connectivity index (χ3v) is 3.37. The predicted molar refractivity (Wildman–Crippen MR) is 82.1 cm³/mol. The quantitative estimate of drug-likeness (QED) is 0.868. The largest absolute Gasteiger partial charge is 0.485 e. The van der Waals surface area contributed by atoms with Crippen LogP contribution in [-0.2, 0) is 4.74 Å². The van der Waals surface area contributed by atoms with E-state index in [2.05, 4.69) is 20.8 Å². The van der Waals surface area contributed by atoms with Gasteiger partial charge in [0.2, 0.25) is 0 Å². The van der Waals surface area contributed by atoms with Crippen LogP contribution in [0.4, 0.5) is 0 Å². The van der Waals surface area contributed by atoms with Crippen LogP contribution in [0.1, 0.15) is 30.5 Å². The smallest absolute Gasteiger partial charge is 0.175 e. The van der Waals surface area contributed by atoms with Crippen molar-refractivity contribution in [2.24, 2.45) is 5.92 Å². The van der Waals surface area contributed by atoms with E-state index in [1.165, 1.54) is 0 Å². The Labute approximate surface area is 125 Å². The average molecular weight is 302 g/mol. The second kappa shape index (κ2) is 8.49. The minimum atomic E-state index is -0.0771. The molecule has 2 rings (SSSR count). The van der Waals surface area contributed by atoms with Crippen LogP contribution in [0.25, 0.3) is 0 Å². The normalized spacial score (nSPS) is 16.9. The third-order valence-electron chi connectivity index (χ3n) is 2.39. The zero-order chi connectivity index (χ0) is 15.1. The van der Waals surface area contributed by atoms with Crippen LogP contribution < -0.4 is 9.47 Å². The highest BCUT2D eigenvalue weighted by Gasteiger charge is 2.26. The van der Waals surface area contributed by atoms with Gasteiger partial charge >= 0.3 is 0 Å². The molecule has 0 radical (unpaired) electrons. The second-order valence-corrected chi connectivity index (χ2v) is 6.88. The average Bonchev–Trinajstić information content (AvgIpc) is 2.65. The number of aliphatic hydroxyl groups excluding tert-OH is 1. The van der Waals surface area contributed by atoms with Crippen LogP contribution in [0, 0.1) is 19.8 Å². The molecule has 2 heterocycles. The summed E-state index contributed by atoms with van der Waals surface area (Å²) in [6.07, 6.45) is -0.0771. The van der Waals surface area contributed by atoms with Gasteiger partial charge in [-0.2, -0.15) is 0 Å². The van der Waals surface area contributed by atoms with Crippen molar-refractivity contribution < 1.29 is 19.3 Å². The molecule has 0 saturated heterocycles. The summed E-state index contributed by atoms with van der Waals surface area (Å²) in [6, 6.07) is 0. The van der Waals surface area contributed by atoms with Crippen LogP contribution in [0.5, 0.6) is 11.5 Å². The van der Waals surface area contributed by atoms with E-state index in [1.54, 1.807) is 11.3 Å². The van der Waals surface area contributed by atoms with Crippen molar-refractivity contribution in [1.82, 2.24) is 0 Å². The van der Waals surface area contributed by atoms with Crippen molar-refractivity contribution >= 4 is 11.3 Å². The molecular weight excluding hydrogens is 276 g/mol. The molecule has 1 N–H and O–H groups in total. The van der Waals surface area contributed by atoms with E-state index in [0.29, 0.717) is 19.8 Å². The molecule has 5 heteroatoms. The maximum Gasteiger partial charge on any atom is 0.175 e. The van der Waals surface area contributed by atoms with Crippen molar-refractivity contribution in [2.75, 3.05) is 26.4 Å².